The Kier molecular flexibility index (Phi) is 7.05. The maximum atomic E-state index is 5.68. The second-order valence-corrected chi connectivity index (χ2v) is 4.09. The van der Waals surface area contributed by atoms with Crippen LogP contribution in [0, 0.1) is 0 Å². The van der Waals surface area contributed by atoms with Crippen LogP contribution in [0.4, 0.5) is 0 Å². The molecule has 1 rings (SSSR count). The SMILES string of the molecule is COCCNCCOc1ccccc1SC. The third-order valence-electron chi connectivity index (χ3n) is 2.09. The Hall–Kier alpha value is -0.710. The number of hydrogen-bond donors (Lipinski definition) is 1. The van der Waals surface area contributed by atoms with Crippen molar-refractivity contribution in [2.24, 2.45) is 0 Å². The van der Waals surface area contributed by atoms with E-state index in [1.807, 2.05) is 18.2 Å². The van der Waals surface area contributed by atoms with Crippen molar-refractivity contribution < 1.29 is 9.47 Å². The summed E-state index contributed by atoms with van der Waals surface area (Å²) in [4.78, 5) is 1.18. The number of nitrogens with one attached hydrogen (secondary N) is 1. The van der Waals surface area contributed by atoms with E-state index in [0.717, 1.165) is 25.4 Å². The molecule has 1 aromatic carbocycles. The van der Waals surface area contributed by atoms with Crippen LogP contribution in [0.15, 0.2) is 29.2 Å². The summed E-state index contributed by atoms with van der Waals surface area (Å²) in [5.74, 6) is 0.962. The highest BCUT2D eigenvalue weighted by molar-refractivity contribution is 7.98. The van der Waals surface area contributed by atoms with Crippen molar-refractivity contribution in [3.63, 3.8) is 0 Å². The molecule has 0 saturated heterocycles. The van der Waals surface area contributed by atoms with Gasteiger partial charge in [-0.25, -0.2) is 0 Å². The minimum atomic E-state index is 0.682. The number of thioether (sulfide) groups is 1. The fourth-order valence-corrected chi connectivity index (χ4v) is 1.81. The summed E-state index contributed by atoms with van der Waals surface area (Å²) in [5.41, 5.74) is 0. The van der Waals surface area contributed by atoms with Crippen LogP contribution in [0.2, 0.25) is 0 Å². The van der Waals surface area contributed by atoms with Crippen molar-refractivity contribution in [3.8, 4) is 5.75 Å². The first kappa shape index (κ1) is 13.4. The van der Waals surface area contributed by atoms with E-state index in [9.17, 15) is 0 Å². The van der Waals surface area contributed by atoms with Gasteiger partial charge in [0, 0.05) is 25.1 Å². The highest BCUT2D eigenvalue weighted by atomic mass is 32.2. The molecular weight excluding hydrogens is 222 g/mol. The Balaban J connectivity index is 2.21. The van der Waals surface area contributed by atoms with Gasteiger partial charge in [0.2, 0.25) is 0 Å². The highest BCUT2D eigenvalue weighted by Crippen LogP contribution is 2.26. The molecule has 0 saturated carbocycles. The van der Waals surface area contributed by atoms with Gasteiger partial charge in [-0.3, -0.25) is 0 Å². The van der Waals surface area contributed by atoms with E-state index in [4.69, 9.17) is 9.47 Å². The first-order valence-corrected chi connectivity index (χ1v) is 6.56. The largest absolute Gasteiger partial charge is 0.491 e. The van der Waals surface area contributed by atoms with Gasteiger partial charge in [-0.2, -0.15) is 0 Å². The summed E-state index contributed by atoms with van der Waals surface area (Å²) in [5, 5.41) is 3.24. The quantitative estimate of drug-likeness (QED) is 0.557. The topological polar surface area (TPSA) is 30.5 Å². The maximum Gasteiger partial charge on any atom is 0.132 e. The predicted molar refractivity (Wildman–Crippen MR) is 68.5 cm³/mol. The summed E-state index contributed by atoms with van der Waals surface area (Å²) in [6, 6.07) is 8.09. The lowest BCUT2D eigenvalue weighted by Gasteiger charge is -2.10. The number of rotatable bonds is 8. The minimum absolute atomic E-state index is 0.682. The molecule has 0 fully saturated rings. The molecule has 3 nitrogen and oxygen atoms in total. The molecular formula is C12H19NO2S. The zero-order chi connectivity index (χ0) is 11.6. The molecule has 0 aromatic heterocycles. The second-order valence-electron chi connectivity index (χ2n) is 3.24. The molecule has 16 heavy (non-hydrogen) atoms. The predicted octanol–water partition coefficient (Wildman–Crippen LogP) is 2.02. The zero-order valence-electron chi connectivity index (χ0n) is 9.86. The average Bonchev–Trinajstić information content (AvgIpc) is 2.34. The van der Waals surface area contributed by atoms with Gasteiger partial charge in [0.25, 0.3) is 0 Å². The van der Waals surface area contributed by atoms with Crippen LogP contribution in [0.1, 0.15) is 0 Å². The molecule has 0 aliphatic rings. The van der Waals surface area contributed by atoms with Crippen molar-refractivity contribution in [1.82, 2.24) is 5.32 Å². The van der Waals surface area contributed by atoms with Gasteiger partial charge in [-0.15, -0.1) is 11.8 Å². The smallest absolute Gasteiger partial charge is 0.132 e. The Labute approximate surface area is 102 Å². The summed E-state index contributed by atoms with van der Waals surface area (Å²) < 4.78 is 10.6. The van der Waals surface area contributed by atoms with Gasteiger partial charge in [-0.05, 0) is 18.4 Å². The van der Waals surface area contributed by atoms with Crippen LogP contribution in [0.3, 0.4) is 0 Å². The highest BCUT2D eigenvalue weighted by Gasteiger charge is 2.00. The number of hydrogen-bond acceptors (Lipinski definition) is 4. The third-order valence-corrected chi connectivity index (χ3v) is 2.87. The second kappa shape index (κ2) is 8.44. The molecule has 0 unspecified atom stereocenters. The molecule has 1 N–H and O–H groups in total. The van der Waals surface area contributed by atoms with Gasteiger partial charge in [0.05, 0.1) is 6.61 Å². The van der Waals surface area contributed by atoms with E-state index in [0.29, 0.717) is 6.61 Å². The van der Waals surface area contributed by atoms with E-state index in [2.05, 4.69) is 17.6 Å². The van der Waals surface area contributed by atoms with Crippen molar-refractivity contribution in [2.45, 2.75) is 4.90 Å². The summed E-state index contributed by atoms with van der Waals surface area (Å²) in [6.45, 7) is 3.12. The Morgan fingerprint density at radius 1 is 1.19 bits per heavy atom. The fraction of sp³-hybridized carbons (Fsp3) is 0.500. The lowest BCUT2D eigenvalue weighted by atomic mass is 10.3. The molecule has 0 amide bonds. The Bertz CT molecular complexity index is 294. The fourth-order valence-electron chi connectivity index (χ4n) is 1.27. The molecule has 0 heterocycles. The van der Waals surface area contributed by atoms with Crippen LogP contribution >= 0.6 is 11.8 Å². The van der Waals surface area contributed by atoms with Crippen molar-refractivity contribution in [1.29, 1.82) is 0 Å². The number of methoxy groups -OCH3 is 1. The standard InChI is InChI=1S/C12H19NO2S/c1-14-9-7-13-8-10-15-11-5-3-4-6-12(11)16-2/h3-6,13H,7-10H2,1-2H3. The van der Waals surface area contributed by atoms with E-state index in [-0.39, 0.29) is 0 Å². The Morgan fingerprint density at radius 2 is 1.94 bits per heavy atom. The molecule has 0 spiro atoms. The first-order chi connectivity index (χ1) is 7.88. The molecule has 0 radical (unpaired) electrons. The number of para-hydroxylation sites is 1. The molecule has 0 atom stereocenters. The first-order valence-electron chi connectivity index (χ1n) is 5.34. The van der Waals surface area contributed by atoms with E-state index >= 15 is 0 Å². The van der Waals surface area contributed by atoms with Crippen LogP contribution in [-0.2, 0) is 4.74 Å². The zero-order valence-corrected chi connectivity index (χ0v) is 10.7. The maximum absolute atomic E-state index is 5.68. The lowest BCUT2D eigenvalue weighted by molar-refractivity contribution is 0.196. The monoisotopic (exact) mass is 241 g/mol. The van der Waals surface area contributed by atoms with Gasteiger partial charge in [0.15, 0.2) is 0 Å². The van der Waals surface area contributed by atoms with Gasteiger partial charge < -0.3 is 14.8 Å². The van der Waals surface area contributed by atoms with Gasteiger partial charge in [-0.1, -0.05) is 12.1 Å². The average molecular weight is 241 g/mol. The normalized spacial score (nSPS) is 10.4. The minimum Gasteiger partial charge on any atom is -0.491 e. The van der Waals surface area contributed by atoms with E-state index in [1.165, 1.54) is 4.90 Å². The van der Waals surface area contributed by atoms with Crippen LogP contribution < -0.4 is 10.1 Å². The summed E-state index contributed by atoms with van der Waals surface area (Å²) in [7, 11) is 1.70. The van der Waals surface area contributed by atoms with Gasteiger partial charge >= 0.3 is 0 Å². The van der Waals surface area contributed by atoms with Crippen LogP contribution in [-0.4, -0.2) is 39.7 Å². The molecule has 0 aliphatic carbocycles. The van der Waals surface area contributed by atoms with Gasteiger partial charge in [0.1, 0.15) is 12.4 Å². The molecule has 4 heteroatoms. The number of benzene rings is 1. The molecule has 0 bridgehead atoms. The van der Waals surface area contributed by atoms with Crippen molar-refractivity contribution in [3.05, 3.63) is 24.3 Å². The van der Waals surface area contributed by atoms with Crippen molar-refractivity contribution in [2.75, 3.05) is 39.7 Å². The van der Waals surface area contributed by atoms with Crippen LogP contribution in [0.5, 0.6) is 5.75 Å². The lowest BCUT2D eigenvalue weighted by Crippen LogP contribution is -2.24. The number of ether oxygens (including phenoxy) is 2. The van der Waals surface area contributed by atoms with Crippen LogP contribution in [0.25, 0.3) is 0 Å². The molecule has 1 aromatic rings. The summed E-state index contributed by atoms with van der Waals surface area (Å²) >= 11 is 1.70. The Morgan fingerprint density at radius 3 is 2.69 bits per heavy atom. The molecule has 90 valence electrons. The third kappa shape index (κ3) is 4.88. The van der Waals surface area contributed by atoms with E-state index < -0.39 is 0 Å². The van der Waals surface area contributed by atoms with Crippen molar-refractivity contribution >= 4 is 11.8 Å². The molecule has 0 aliphatic heterocycles. The summed E-state index contributed by atoms with van der Waals surface area (Å²) in [6.07, 6.45) is 2.05. The van der Waals surface area contributed by atoms with E-state index in [1.54, 1.807) is 18.9 Å².